The van der Waals surface area contributed by atoms with Crippen molar-refractivity contribution < 1.29 is 9.59 Å². The summed E-state index contributed by atoms with van der Waals surface area (Å²) in [6.07, 6.45) is 3.63. The molecule has 2 amide bonds. The number of benzene rings is 2. The van der Waals surface area contributed by atoms with Crippen LogP contribution in [0.5, 0.6) is 0 Å². The van der Waals surface area contributed by atoms with Gasteiger partial charge in [-0.3, -0.25) is 4.79 Å². The van der Waals surface area contributed by atoms with Gasteiger partial charge >= 0.3 is 6.03 Å². The van der Waals surface area contributed by atoms with Gasteiger partial charge in [0.05, 0.1) is 13.1 Å². The summed E-state index contributed by atoms with van der Waals surface area (Å²) < 4.78 is 0. The second-order valence-electron chi connectivity index (χ2n) is 5.68. The zero-order valence-corrected chi connectivity index (χ0v) is 13.2. The molecule has 2 N–H and O–H groups in total. The molecule has 1 saturated heterocycles. The highest BCUT2D eigenvalue weighted by molar-refractivity contribution is 6.15. The first-order valence-corrected chi connectivity index (χ1v) is 7.74. The number of piperidine rings is 1. The molecule has 2 aromatic rings. The molecule has 2 aromatic carbocycles. The second-order valence-corrected chi connectivity index (χ2v) is 5.68. The topological polar surface area (TPSA) is 63.4 Å². The molecule has 24 heavy (non-hydrogen) atoms. The first-order chi connectivity index (χ1) is 11.6. The number of rotatable bonds is 2. The van der Waals surface area contributed by atoms with E-state index < -0.39 is 6.03 Å². The quantitative estimate of drug-likeness (QED) is 0.865. The summed E-state index contributed by atoms with van der Waals surface area (Å²) in [6.45, 7) is 0.463. The largest absolute Gasteiger partial charge is 0.351 e. The number of likely N-dealkylation sites (tertiary alicyclic amines) is 1. The molecule has 1 heterocycles. The van der Waals surface area contributed by atoms with E-state index in [1.165, 1.54) is 4.90 Å². The van der Waals surface area contributed by atoms with Gasteiger partial charge in [-0.25, -0.2) is 4.79 Å². The molecule has 1 aliphatic heterocycles. The number of nitrogens with two attached hydrogens (primary N) is 1. The smallest absolute Gasteiger partial charge is 0.315 e. The maximum Gasteiger partial charge on any atom is 0.315 e. The highest BCUT2D eigenvalue weighted by atomic mass is 16.2. The summed E-state index contributed by atoms with van der Waals surface area (Å²) in [7, 11) is 0. The molecule has 0 radical (unpaired) electrons. The van der Waals surface area contributed by atoms with Gasteiger partial charge < -0.3 is 10.6 Å². The minimum Gasteiger partial charge on any atom is -0.351 e. The van der Waals surface area contributed by atoms with E-state index in [1.54, 1.807) is 0 Å². The molecule has 4 nitrogen and oxygen atoms in total. The van der Waals surface area contributed by atoms with Crippen molar-refractivity contribution in [3.05, 3.63) is 82.9 Å². The van der Waals surface area contributed by atoms with Gasteiger partial charge in [0.25, 0.3) is 0 Å². The van der Waals surface area contributed by atoms with E-state index in [0.717, 1.165) is 11.1 Å². The Morgan fingerprint density at radius 3 is 1.62 bits per heavy atom. The Bertz CT molecular complexity index is 747. The third-order valence-corrected chi connectivity index (χ3v) is 3.90. The summed E-state index contributed by atoms with van der Waals surface area (Å²) in [5, 5.41) is 0. The average Bonchev–Trinajstić information content (AvgIpc) is 2.60. The molecule has 120 valence electrons. The lowest BCUT2D eigenvalue weighted by Gasteiger charge is -2.28. The van der Waals surface area contributed by atoms with Crippen molar-refractivity contribution in [2.75, 3.05) is 13.1 Å². The molecular formula is C20H18N2O2. The van der Waals surface area contributed by atoms with Crippen LogP contribution in [0.1, 0.15) is 11.1 Å². The third kappa shape index (κ3) is 3.60. The molecule has 1 aliphatic rings. The van der Waals surface area contributed by atoms with Crippen LogP contribution >= 0.6 is 0 Å². The molecule has 0 aromatic heterocycles. The Morgan fingerprint density at radius 1 is 0.833 bits per heavy atom. The lowest BCUT2D eigenvalue weighted by atomic mass is 9.94. The number of primary amides is 1. The number of hydrogen-bond donors (Lipinski definition) is 1. The fourth-order valence-corrected chi connectivity index (χ4v) is 2.70. The number of hydrogen-bond acceptors (Lipinski definition) is 2. The molecule has 0 unspecified atom stereocenters. The fourth-order valence-electron chi connectivity index (χ4n) is 2.70. The number of Topliss-reactive ketones (excluding diaryl/α,β-unsaturated/α-hetero) is 1. The minimum absolute atomic E-state index is 0.0415. The zero-order valence-electron chi connectivity index (χ0n) is 13.2. The second kappa shape index (κ2) is 6.96. The van der Waals surface area contributed by atoms with Crippen LogP contribution in [0, 0.1) is 0 Å². The van der Waals surface area contributed by atoms with Crippen LogP contribution < -0.4 is 5.73 Å². The van der Waals surface area contributed by atoms with Crippen LogP contribution in [-0.2, 0) is 4.79 Å². The van der Waals surface area contributed by atoms with Crippen LogP contribution in [0.25, 0.3) is 12.2 Å². The van der Waals surface area contributed by atoms with Gasteiger partial charge in [-0.05, 0) is 23.3 Å². The normalized spacial score (nSPS) is 18.2. The summed E-state index contributed by atoms with van der Waals surface area (Å²) in [4.78, 5) is 25.9. The van der Waals surface area contributed by atoms with Crippen molar-refractivity contribution >= 4 is 24.0 Å². The van der Waals surface area contributed by atoms with Gasteiger partial charge in [-0.15, -0.1) is 0 Å². The van der Waals surface area contributed by atoms with Gasteiger partial charge in [0.15, 0.2) is 5.78 Å². The highest BCUT2D eigenvalue weighted by Gasteiger charge is 2.27. The van der Waals surface area contributed by atoms with E-state index in [-0.39, 0.29) is 18.9 Å². The average molecular weight is 318 g/mol. The van der Waals surface area contributed by atoms with E-state index in [2.05, 4.69) is 0 Å². The van der Waals surface area contributed by atoms with E-state index in [0.29, 0.717) is 11.1 Å². The molecule has 0 aliphatic carbocycles. The highest BCUT2D eigenvalue weighted by Crippen LogP contribution is 2.21. The fraction of sp³-hybridized carbons (Fsp3) is 0.100. The number of nitrogens with zero attached hydrogens (tertiary/aromatic N) is 1. The lowest BCUT2D eigenvalue weighted by Crippen LogP contribution is -2.44. The van der Waals surface area contributed by atoms with Gasteiger partial charge in [-0.2, -0.15) is 0 Å². The van der Waals surface area contributed by atoms with Gasteiger partial charge in [0, 0.05) is 11.1 Å². The first kappa shape index (κ1) is 15.7. The third-order valence-electron chi connectivity index (χ3n) is 3.90. The maximum absolute atomic E-state index is 12.8. The summed E-state index contributed by atoms with van der Waals surface area (Å²) in [5.41, 5.74) is 8.42. The predicted octanol–water partition coefficient (Wildman–Crippen LogP) is 3.12. The Labute approximate surface area is 140 Å². The predicted molar refractivity (Wildman–Crippen MR) is 95.0 cm³/mol. The van der Waals surface area contributed by atoms with Crippen LogP contribution in [0.3, 0.4) is 0 Å². The Morgan fingerprint density at radius 2 is 1.25 bits per heavy atom. The summed E-state index contributed by atoms with van der Waals surface area (Å²) >= 11 is 0. The number of carbonyl (C=O) groups is 2. The minimum atomic E-state index is -0.527. The molecule has 0 spiro atoms. The van der Waals surface area contributed by atoms with Crippen molar-refractivity contribution in [3.8, 4) is 0 Å². The van der Waals surface area contributed by atoms with Crippen molar-refractivity contribution in [2.24, 2.45) is 5.73 Å². The van der Waals surface area contributed by atoms with Crippen molar-refractivity contribution in [3.63, 3.8) is 0 Å². The van der Waals surface area contributed by atoms with Crippen LogP contribution in [0.4, 0.5) is 4.79 Å². The molecule has 0 bridgehead atoms. The molecular weight excluding hydrogens is 300 g/mol. The maximum atomic E-state index is 12.8. The SMILES string of the molecule is NC(=O)N1CC(=Cc2ccccc2)C(=O)C(=Cc2ccccc2)C1. The van der Waals surface area contributed by atoms with Crippen molar-refractivity contribution in [1.82, 2.24) is 4.90 Å². The molecule has 3 rings (SSSR count). The summed E-state index contributed by atoms with van der Waals surface area (Å²) in [6, 6.07) is 18.6. The number of urea groups is 1. The van der Waals surface area contributed by atoms with Gasteiger partial charge in [-0.1, -0.05) is 60.7 Å². The van der Waals surface area contributed by atoms with E-state index in [1.807, 2.05) is 72.8 Å². The Hall–Kier alpha value is -3.14. The van der Waals surface area contributed by atoms with Crippen LogP contribution in [0.15, 0.2) is 71.8 Å². The van der Waals surface area contributed by atoms with E-state index >= 15 is 0 Å². The summed E-state index contributed by atoms with van der Waals surface area (Å²) in [5.74, 6) is -0.0415. The monoisotopic (exact) mass is 318 g/mol. The standard InChI is InChI=1S/C20H18N2O2/c21-20(24)22-13-17(11-15-7-3-1-4-8-15)19(23)18(14-22)12-16-9-5-2-6-10-16/h1-12H,13-14H2,(H2,21,24). The number of amides is 2. The Balaban J connectivity index is 1.98. The molecule has 0 saturated carbocycles. The van der Waals surface area contributed by atoms with E-state index in [9.17, 15) is 9.59 Å². The van der Waals surface area contributed by atoms with E-state index in [4.69, 9.17) is 5.73 Å². The lowest BCUT2D eigenvalue weighted by molar-refractivity contribution is -0.113. The van der Waals surface area contributed by atoms with Crippen LogP contribution in [-0.4, -0.2) is 29.8 Å². The van der Waals surface area contributed by atoms with Crippen molar-refractivity contribution in [1.29, 1.82) is 0 Å². The number of ketones is 1. The van der Waals surface area contributed by atoms with Crippen molar-refractivity contribution in [2.45, 2.75) is 0 Å². The molecule has 0 atom stereocenters. The molecule has 4 heteroatoms. The zero-order chi connectivity index (χ0) is 16.9. The van der Waals surface area contributed by atoms with Gasteiger partial charge in [0.1, 0.15) is 0 Å². The molecule has 1 fully saturated rings. The first-order valence-electron chi connectivity index (χ1n) is 7.74. The Kier molecular flexibility index (Phi) is 4.57. The number of carbonyl (C=O) groups excluding carboxylic acids is 2. The van der Waals surface area contributed by atoms with Gasteiger partial charge in [0.2, 0.25) is 0 Å². The van der Waals surface area contributed by atoms with Crippen LogP contribution in [0.2, 0.25) is 0 Å².